The number of pyridine rings is 1. The molecule has 1 aromatic heterocycles. The molecule has 2 N–H and O–H groups in total. The number of hydrogen-bond acceptors (Lipinski definition) is 3. The number of fused-ring (bicyclic) bond motifs is 1. The summed E-state index contributed by atoms with van der Waals surface area (Å²) in [5, 5.41) is 12.8. The molecule has 0 aromatic carbocycles. The highest BCUT2D eigenvalue weighted by molar-refractivity contribution is 5.93. The van der Waals surface area contributed by atoms with E-state index in [4.69, 9.17) is 4.74 Å². The Bertz CT molecular complexity index is 483. The molecule has 0 fully saturated rings. The number of anilines is 1. The molecule has 0 spiro atoms. The van der Waals surface area contributed by atoms with Crippen LogP contribution in [-0.4, -0.2) is 17.7 Å². The van der Waals surface area contributed by atoms with E-state index in [1.54, 1.807) is 12.1 Å². The molecular weight excluding hydrogens is 232 g/mol. The second-order valence-corrected chi connectivity index (χ2v) is 5.13. The number of nitrogens with zero attached hydrogens (tertiary/aromatic N) is 1. The summed E-state index contributed by atoms with van der Waals surface area (Å²) in [6.45, 7) is 6.28. The quantitative estimate of drug-likeness (QED) is 0.632. The Morgan fingerprint density at radius 1 is 1.56 bits per heavy atom. The molecule has 1 amide bonds. The van der Waals surface area contributed by atoms with Crippen molar-refractivity contribution in [2.75, 3.05) is 11.9 Å². The monoisotopic (exact) mass is 251 g/mol. The fourth-order valence-corrected chi connectivity index (χ4v) is 1.73. The predicted molar refractivity (Wildman–Crippen MR) is 65.7 cm³/mol. The summed E-state index contributed by atoms with van der Waals surface area (Å²) in [7, 11) is 0. The van der Waals surface area contributed by atoms with Crippen molar-refractivity contribution in [2.45, 2.75) is 33.6 Å². The minimum absolute atomic E-state index is 0.105. The minimum Gasteiger partial charge on any atom is -0.489 e. The van der Waals surface area contributed by atoms with Gasteiger partial charge in [0.05, 0.1) is 18.4 Å². The molecule has 0 aliphatic carbocycles. The molecule has 1 aliphatic rings. The summed E-state index contributed by atoms with van der Waals surface area (Å²) in [6, 6.07) is 3.41. The Kier molecular flexibility index (Phi) is 3.15. The Balaban J connectivity index is 2.23. The van der Waals surface area contributed by atoms with Crippen LogP contribution in [0.15, 0.2) is 12.1 Å². The van der Waals surface area contributed by atoms with Gasteiger partial charge in [0, 0.05) is 6.07 Å². The molecule has 0 saturated carbocycles. The van der Waals surface area contributed by atoms with Gasteiger partial charge in [-0.05, 0) is 31.1 Å². The molecule has 5 nitrogen and oxygen atoms in total. The van der Waals surface area contributed by atoms with Crippen molar-refractivity contribution in [1.82, 2.24) is 0 Å². The van der Waals surface area contributed by atoms with Gasteiger partial charge in [-0.25, -0.2) is 10.1 Å². The van der Waals surface area contributed by atoms with Gasteiger partial charge in [0.15, 0.2) is 11.4 Å². The van der Waals surface area contributed by atoms with Gasteiger partial charge in [0.1, 0.15) is 0 Å². The van der Waals surface area contributed by atoms with E-state index < -0.39 is 5.41 Å². The zero-order valence-corrected chi connectivity index (χ0v) is 11.0. The van der Waals surface area contributed by atoms with Crippen LogP contribution in [0.25, 0.3) is 0 Å². The Hall–Kier alpha value is -1.78. The molecule has 2 heterocycles. The third-order valence-corrected chi connectivity index (χ3v) is 3.50. The highest BCUT2D eigenvalue weighted by Crippen LogP contribution is 2.25. The van der Waals surface area contributed by atoms with E-state index in [0.29, 0.717) is 30.3 Å². The van der Waals surface area contributed by atoms with E-state index in [2.05, 4.69) is 5.32 Å². The van der Waals surface area contributed by atoms with Crippen LogP contribution in [0.4, 0.5) is 5.82 Å². The van der Waals surface area contributed by atoms with Gasteiger partial charge in [-0.3, -0.25) is 0 Å². The zero-order chi connectivity index (χ0) is 13.3. The summed E-state index contributed by atoms with van der Waals surface area (Å²) in [4.78, 5) is 12.1. The molecule has 0 bridgehead atoms. The van der Waals surface area contributed by atoms with Gasteiger partial charge in [0.2, 0.25) is 0 Å². The van der Waals surface area contributed by atoms with E-state index in [-0.39, 0.29) is 5.91 Å². The third kappa shape index (κ3) is 2.12. The molecule has 18 heavy (non-hydrogen) atoms. The maximum atomic E-state index is 12.1. The predicted octanol–water partition coefficient (Wildman–Crippen LogP) is 1.52. The second kappa shape index (κ2) is 4.48. The van der Waals surface area contributed by atoms with E-state index in [1.165, 1.54) is 0 Å². The SMILES string of the molecule is CCC(C)(C)C(=O)Nc1ccc2c([n+]1O)CCO2. The summed E-state index contributed by atoms with van der Waals surface area (Å²) in [5.41, 5.74) is 0.241. The highest BCUT2D eigenvalue weighted by Gasteiger charge is 2.32. The molecule has 5 heteroatoms. The molecule has 0 atom stereocenters. The van der Waals surface area contributed by atoms with Gasteiger partial charge < -0.3 is 9.94 Å². The lowest BCUT2D eigenvalue weighted by Gasteiger charge is -2.17. The lowest BCUT2D eigenvalue weighted by molar-refractivity contribution is -0.897. The Morgan fingerprint density at radius 2 is 2.28 bits per heavy atom. The summed E-state index contributed by atoms with van der Waals surface area (Å²) < 4.78 is 6.34. The van der Waals surface area contributed by atoms with Gasteiger partial charge in [-0.15, -0.1) is 0 Å². The van der Waals surface area contributed by atoms with Gasteiger partial charge >= 0.3 is 11.7 Å². The van der Waals surface area contributed by atoms with E-state index in [9.17, 15) is 10.0 Å². The van der Waals surface area contributed by atoms with Crippen LogP contribution in [-0.2, 0) is 11.2 Å². The van der Waals surface area contributed by atoms with Crippen LogP contribution in [0.3, 0.4) is 0 Å². The van der Waals surface area contributed by atoms with Gasteiger partial charge in [0.25, 0.3) is 0 Å². The van der Waals surface area contributed by atoms with Crippen LogP contribution in [0.5, 0.6) is 5.75 Å². The first-order chi connectivity index (χ1) is 8.45. The normalized spacial score (nSPS) is 13.9. The number of nitrogens with one attached hydrogen (secondary N) is 1. The fraction of sp³-hybridized carbons (Fsp3) is 0.538. The number of ether oxygens (including phenoxy) is 1. The molecule has 1 aromatic rings. The summed E-state index contributed by atoms with van der Waals surface area (Å²) in [5.74, 6) is 0.947. The number of rotatable bonds is 3. The van der Waals surface area contributed by atoms with Gasteiger partial charge in [-0.2, -0.15) is 0 Å². The number of hydrogen-bond donors (Lipinski definition) is 2. The van der Waals surface area contributed by atoms with Crippen LogP contribution in [0.2, 0.25) is 0 Å². The average molecular weight is 251 g/mol. The molecule has 0 saturated heterocycles. The van der Waals surface area contributed by atoms with E-state index in [0.717, 1.165) is 11.2 Å². The van der Waals surface area contributed by atoms with Crippen LogP contribution in [0.1, 0.15) is 32.9 Å². The first-order valence-corrected chi connectivity index (χ1v) is 6.17. The first-order valence-electron chi connectivity index (χ1n) is 6.17. The molecule has 2 rings (SSSR count). The van der Waals surface area contributed by atoms with Crippen molar-refractivity contribution in [3.8, 4) is 5.75 Å². The van der Waals surface area contributed by atoms with E-state index >= 15 is 0 Å². The molecule has 0 radical (unpaired) electrons. The molecular formula is C13H19N2O3+. The molecule has 98 valence electrons. The third-order valence-electron chi connectivity index (χ3n) is 3.50. The molecule has 0 unspecified atom stereocenters. The Morgan fingerprint density at radius 3 is 2.94 bits per heavy atom. The number of carbonyl (C=O) groups is 1. The largest absolute Gasteiger partial charge is 0.489 e. The van der Waals surface area contributed by atoms with Crippen molar-refractivity contribution in [2.24, 2.45) is 5.41 Å². The van der Waals surface area contributed by atoms with Gasteiger partial charge in [-0.1, -0.05) is 6.92 Å². The second-order valence-electron chi connectivity index (χ2n) is 5.13. The van der Waals surface area contributed by atoms with Crippen LogP contribution < -0.4 is 14.8 Å². The first kappa shape index (κ1) is 12.7. The fourth-order valence-electron chi connectivity index (χ4n) is 1.73. The van der Waals surface area contributed by atoms with Crippen molar-refractivity contribution in [3.05, 3.63) is 17.8 Å². The maximum absolute atomic E-state index is 12.1. The lowest BCUT2D eigenvalue weighted by Crippen LogP contribution is -2.41. The van der Waals surface area contributed by atoms with Crippen LogP contribution in [0, 0.1) is 5.41 Å². The highest BCUT2D eigenvalue weighted by atomic mass is 16.5. The van der Waals surface area contributed by atoms with Crippen molar-refractivity contribution in [3.63, 3.8) is 0 Å². The number of aromatic nitrogens is 1. The minimum atomic E-state index is -0.456. The van der Waals surface area contributed by atoms with Crippen molar-refractivity contribution < 1.29 is 19.5 Å². The summed E-state index contributed by atoms with van der Waals surface area (Å²) in [6.07, 6.45) is 1.38. The van der Waals surface area contributed by atoms with Crippen LogP contribution >= 0.6 is 0 Å². The maximum Gasteiger partial charge on any atom is 0.321 e. The number of carbonyl (C=O) groups excluding carboxylic acids is 1. The Labute approximate surface area is 106 Å². The van der Waals surface area contributed by atoms with E-state index in [1.807, 2.05) is 20.8 Å². The average Bonchev–Trinajstić information content (AvgIpc) is 2.81. The molecule has 1 aliphatic heterocycles. The number of amides is 1. The van der Waals surface area contributed by atoms with Crippen molar-refractivity contribution in [1.29, 1.82) is 0 Å². The zero-order valence-electron chi connectivity index (χ0n) is 11.0. The smallest absolute Gasteiger partial charge is 0.321 e. The summed E-state index contributed by atoms with van der Waals surface area (Å²) >= 11 is 0. The standard InChI is InChI=1S/C13H18N2O3/c1-4-13(2,3)12(16)14-11-6-5-10-9(15(11)17)7-8-18-10/h5-6,17H,4,7-8H2,1-3H3/p+1. The lowest BCUT2D eigenvalue weighted by atomic mass is 9.89. The topological polar surface area (TPSA) is 62.4 Å². The van der Waals surface area contributed by atoms with Crippen molar-refractivity contribution >= 4 is 11.7 Å².